The van der Waals surface area contributed by atoms with Crippen LogP contribution in [0.1, 0.15) is 265 Å². The predicted octanol–water partition coefficient (Wildman–Crippen LogP) is 18.1. The molecule has 0 spiro atoms. The third-order valence-corrected chi connectivity index (χ3v) is 16.3. The molecule has 0 heterocycles. The molecule has 0 radical (unpaired) electrons. The fourth-order valence-electron chi connectivity index (χ4n) is 10.6. The molecule has 0 saturated heterocycles. The molecule has 1 saturated carbocycles. The maximum Gasteiger partial charge on any atom is -0.0221 e. The standard InChI is InChI=1S/C27H54.C22H46/c1-9-12-19-25(5,6)27(8,26(7,11-3)20-13-10-2)21-18-23(4)22-24-16-14-15-17-24;1-10-13-16-20(6,7)22(9,18-15-19(4)5)21(8,12-3)17-14-11-2/h23-24H,9-22H2,1-8H3;19H,10-18H2,1-9H3. The Morgan fingerprint density at radius 3 is 1.14 bits per heavy atom. The summed E-state index contributed by atoms with van der Waals surface area (Å²) < 4.78 is 0. The first-order valence-corrected chi connectivity index (χ1v) is 22.8. The first-order chi connectivity index (χ1) is 22.8. The lowest BCUT2D eigenvalue weighted by atomic mass is 9.48. The second kappa shape index (κ2) is 22.9. The molecule has 0 aromatic carbocycles. The summed E-state index contributed by atoms with van der Waals surface area (Å²) in [6.07, 6.45) is 32.1. The molecule has 0 N–H and O–H groups in total. The number of rotatable bonds is 26. The van der Waals surface area contributed by atoms with Gasteiger partial charge in [0.15, 0.2) is 0 Å². The van der Waals surface area contributed by atoms with E-state index < -0.39 is 0 Å². The SMILES string of the molecule is CCCCC(C)(C)C(C)(CCC(C)C)C(C)(CC)CCCC.CCCCC(C)(C)C(C)(CCC(C)CC1CCCC1)C(C)(CC)CCCC. The van der Waals surface area contributed by atoms with E-state index in [4.69, 9.17) is 0 Å². The van der Waals surface area contributed by atoms with Crippen molar-refractivity contribution < 1.29 is 0 Å². The second-order valence-electron chi connectivity index (χ2n) is 20.6. The summed E-state index contributed by atoms with van der Waals surface area (Å²) in [7, 11) is 0. The Morgan fingerprint density at radius 2 is 0.816 bits per heavy atom. The molecule has 1 aliphatic rings. The Labute approximate surface area is 314 Å². The monoisotopic (exact) mass is 689 g/mol. The Balaban J connectivity index is 0.000000962. The van der Waals surface area contributed by atoms with Crippen LogP contribution in [-0.4, -0.2) is 0 Å². The largest absolute Gasteiger partial charge is 0.0654 e. The van der Waals surface area contributed by atoms with Crippen molar-refractivity contribution in [1.82, 2.24) is 0 Å². The van der Waals surface area contributed by atoms with E-state index in [0.29, 0.717) is 32.5 Å². The molecule has 5 atom stereocenters. The van der Waals surface area contributed by atoms with Gasteiger partial charge in [-0.25, -0.2) is 0 Å². The minimum Gasteiger partial charge on any atom is -0.0654 e. The van der Waals surface area contributed by atoms with Gasteiger partial charge in [0.25, 0.3) is 0 Å². The molecular weight excluding hydrogens is 589 g/mol. The molecule has 1 rings (SSSR count). The first-order valence-electron chi connectivity index (χ1n) is 22.8. The van der Waals surface area contributed by atoms with Gasteiger partial charge < -0.3 is 0 Å². The molecule has 0 aliphatic heterocycles. The highest BCUT2D eigenvalue weighted by atomic mass is 14.6. The molecule has 1 aliphatic carbocycles. The lowest BCUT2D eigenvalue weighted by molar-refractivity contribution is -0.0734. The number of hydrogen-bond donors (Lipinski definition) is 0. The minimum atomic E-state index is 0.425. The lowest BCUT2D eigenvalue weighted by Crippen LogP contribution is -2.48. The van der Waals surface area contributed by atoms with Gasteiger partial charge in [-0.15, -0.1) is 0 Å². The Kier molecular flexibility index (Phi) is 22.9. The summed E-state index contributed by atoms with van der Waals surface area (Å²) in [6, 6.07) is 0. The average Bonchev–Trinajstić information content (AvgIpc) is 3.58. The zero-order valence-corrected chi connectivity index (χ0v) is 38.0. The Bertz CT molecular complexity index is 812. The van der Waals surface area contributed by atoms with Crippen molar-refractivity contribution in [1.29, 1.82) is 0 Å². The summed E-state index contributed by atoms with van der Waals surface area (Å²) in [5.41, 5.74) is 2.65. The summed E-state index contributed by atoms with van der Waals surface area (Å²) >= 11 is 0. The van der Waals surface area contributed by atoms with Crippen LogP contribution in [0.2, 0.25) is 0 Å². The molecule has 1 fully saturated rings. The van der Waals surface area contributed by atoms with E-state index in [0.717, 1.165) is 17.8 Å². The molecule has 296 valence electrons. The zero-order valence-electron chi connectivity index (χ0n) is 38.0. The molecule has 0 amide bonds. The fourth-order valence-corrected chi connectivity index (χ4v) is 10.6. The molecule has 0 bridgehead atoms. The van der Waals surface area contributed by atoms with Crippen LogP contribution in [0, 0.1) is 50.2 Å². The van der Waals surface area contributed by atoms with E-state index in [1.165, 1.54) is 148 Å². The number of unbranched alkanes of at least 4 members (excludes halogenated alkanes) is 4. The normalized spacial score (nSPS) is 20.2. The van der Waals surface area contributed by atoms with Crippen LogP contribution in [0.3, 0.4) is 0 Å². The van der Waals surface area contributed by atoms with Gasteiger partial charge in [0.05, 0.1) is 0 Å². The van der Waals surface area contributed by atoms with Crippen LogP contribution in [0.5, 0.6) is 0 Å². The van der Waals surface area contributed by atoms with Crippen LogP contribution in [0.15, 0.2) is 0 Å². The highest BCUT2D eigenvalue weighted by Gasteiger charge is 2.52. The van der Waals surface area contributed by atoms with Gasteiger partial charge >= 0.3 is 0 Å². The summed E-state index contributed by atoms with van der Waals surface area (Å²) in [5.74, 6) is 2.76. The third kappa shape index (κ3) is 14.1. The summed E-state index contributed by atoms with van der Waals surface area (Å²) in [4.78, 5) is 0. The van der Waals surface area contributed by atoms with Crippen LogP contribution in [0.25, 0.3) is 0 Å². The van der Waals surface area contributed by atoms with E-state index in [1.54, 1.807) is 0 Å². The highest BCUT2D eigenvalue weighted by molar-refractivity contribution is 5.02. The number of hydrogen-bond acceptors (Lipinski definition) is 0. The van der Waals surface area contributed by atoms with Crippen molar-refractivity contribution in [2.45, 2.75) is 265 Å². The van der Waals surface area contributed by atoms with Gasteiger partial charge in [-0.2, -0.15) is 0 Å². The van der Waals surface area contributed by atoms with Crippen LogP contribution < -0.4 is 0 Å². The van der Waals surface area contributed by atoms with Gasteiger partial charge in [-0.05, 0) is 95.2 Å². The quantitative estimate of drug-likeness (QED) is 0.0848. The topological polar surface area (TPSA) is 0 Å². The molecule has 5 unspecified atom stereocenters. The van der Waals surface area contributed by atoms with Crippen LogP contribution in [-0.2, 0) is 0 Å². The van der Waals surface area contributed by atoms with Gasteiger partial charge in [-0.1, -0.05) is 220 Å². The van der Waals surface area contributed by atoms with E-state index in [2.05, 4.69) is 118 Å². The van der Waals surface area contributed by atoms with Crippen molar-refractivity contribution in [2.24, 2.45) is 50.2 Å². The molecule has 0 heteroatoms. The van der Waals surface area contributed by atoms with E-state index in [1.807, 2.05) is 0 Å². The van der Waals surface area contributed by atoms with Crippen molar-refractivity contribution in [3.05, 3.63) is 0 Å². The summed E-state index contributed by atoms with van der Waals surface area (Å²) in [6.45, 7) is 42.5. The van der Waals surface area contributed by atoms with Gasteiger partial charge in [0, 0.05) is 0 Å². The molecular formula is C49H100. The van der Waals surface area contributed by atoms with Gasteiger partial charge in [0.2, 0.25) is 0 Å². The van der Waals surface area contributed by atoms with Gasteiger partial charge in [0.1, 0.15) is 0 Å². The predicted molar refractivity (Wildman–Crippen MR) is 228 cm³/mol. The van der Waals surface area contributed by atoms with Crippen molar-refractivity contribution in [3.63, 3.8) is 0 Å². The van der Waals surface area contributed by atoms with E-state index >= 15 is 0 Å². The summed E-state index contributed by atoms with van der Waals surface area (Å²) in [5, 5.41) is 0. The third-order valence-electron chi connectivity index (χ3n) is 16.3. The van der Waals surface area contributed by atoms with Crippen molar-refractivity contribution in [3.8, 4) is 0 Å². The fraction of sp³-hybridized carbons (Fsp3) is 1.00. The van der Waals surface area contributed by atoms with Crippen LogP contribution in [0.4, 0.5) is 0 Å². The molecule has 49 heavy (non-hydrogen) atoms. The minimum absolute atomic E-state index is 0.425. The second-order valence-corrected chi connectivity index (χ2v) is 20.6. The first kappa shape index (κ1) is 49.0. The zero-order chi connectivity index (χ0) is 38.0. The van der Waals surface area contributed by atoms with Crippen molar-refractivity contribution in [2.75, 3.05) is 0 Å². The maximum absolute atomic E-state index is 2.68. The maximum atomic E-state index is 2.68. The molecule has 0 nitrogen and oxygen atoms in total. The molecule has 0 aromatic heterocycles. The molecule has 0 aromatic rings. The van der Waals surface area contributed by atoms with Gasteiger partial charge in [-0.3, -0.25) is 0 Å². The highest BCUT2D eigenvalue weighted by Crippen LogP contribution is 2.61. The Morgan fingerprint density at radius 1 is 0.469 bits per heavy atom. The Hall–Kier alpha value is 0. The smallest absolute Gasteiger partial charge is 0.0221 e. The van der Waals surface area contributed by atoms with Crippen LogP contribution >= 0.6 is 0 Å². The van der Waals surface area contributed by atoms with Crippen molar-refractivity contribution >= 4 is 0 Å². The lowest BCUT2D eigenvalue weighted by Gasteiger charge is -2.57. The van der Waals surface area contributed by atoms with E-state index in [9.17, 15) is 0 Å². The van der Waals surface area contributed by atoms with E-state index in [-0.39, 0.29) is 0 Å². The average molecular weight is 689 g/mol.